The Labute approximate surface area is 179 Å². The van der Waals surface area contributed by atoms with Crippen LogP contribution in [0.3, 0.4) is 0 Å². The molecule has 2 aromatic rings. The van der Waals surface area contributed by atoms with Crippen molar-refractivity contribution in [3.8, 4) is 0 Å². The van der Waals surface area contributed by atoms with Gasteiger partial charge < -0.3 is 14.4 Å². The van der Waals surface area contributed by atoms with Crippen LogP contribution in [0.25, 0.3) is 0 Å². The van der Waals surface area contributed by atoms with E-state index in [4.69, 9.17) is 9.47 Å². The van der Waals surface area contributed by atoms with Gasteiger partial charge in [-0.2, -0.15) is 0 Å². The molecule has 0 radical (unpaired) electrons. The van der Waals surface area contributed by atoms with Crippen molar-refractivity contribution in [1.29, 1.82) is 0 Å². The molecule has 0 bridgehead atoms. The number of benzene rings is 2. The number of hydrogen-bond donors (Lipinski definition) is 1. The van der Waals surface area contributed by atoms with Gasteiger partial charge >= 0.3 is 6.09 Å². The van der Waals surface area contributed by atoms with Crippen LogP contribution in [0.4, 0.5) is 10.5 Å². The average molecular weight is 461 g/mol. The molecule has 1 atom stereocenters. The molecule has 2 amide bonds. The summed E-state index contributed by atoms with van der Waals surface area (Å²) in [5.41, 5.74) is 1.62. The molecule has 3 rings (SSSR count). The van der Waals surface area contributed by atoms with Gasteiger partial charge in [0.1, 0.15) is 11.7 Å². The first-order valence-electron chi connectivity index (χ1n) is 9.48. The van der Waals surface area contributed by atoms with E-state index in [9.17, 15) is 9.59 Å². The van der Waals surface area contributed by atoms with Crippen molar-refractivity contribution in [2.45, 2.75) is 32.5 Å². The van der Waals surface area contributed by atoms with Crippen LogP contribution in [0.1, 0.15) is 42.8 Å². The van der Waals surface area contributed by atoms with Crippen LogP contribution < -0.4 is 5.32 Å². The van der Waals surface area contributed by atoms with Gasteiger partial charge in [-0.3, -0.25) is 10.1 Å². The number of hydrogen-bond acceptors (Lipinski definition) is 4. The summed E-state index contributed by atoms with van der Waals surface area (Å²) in [5.74, 6) is -0.0563. The Kier molecular flexibility index (Phi) is 6.59. The molecule has 1 aliphatic rings. The molecule has 0 aromatic heterocycles. The highest BCUT2D eigenvalue weighted by Crippen LogP contribution is 2.25. The van der Waals surface area contributed by atoms with Crippen LogP contribution >= 0.6 is 15.9 Å². The van der Waals surface area contributed by atoms with E-state index in [0.29, 0.717) is 30.9 Å². The SMILES string of the molecule is CC(C)(C)OC(=O)Nc1ccc(C(=O)N2CCOC(c3ccc(Br)cc3)C2)cc1. The quantitative estimate of drug-likeness (QED) is 0.698. The van der Waals surface area contributed by atoms with E-state index in [-0.39, 0.29) is 12.0 Å². The number of nitrogens with one attached hydrogen (secondary N) is 1. The summed E-state index contributed by atoms with van der Waals surface area (Å²) in [7, 11) is 0. The van der Waals surface area contributed by atoms with Crippen molar-refractivity contribution < 1.29 is 19.1 Å². The lowest BCUT2D eigenvalue weighted by atomic mass is 10.1. The van der Waals surface area contributed by atoms with Gasteiger partial charge in [0.05, 0.1) is 13.2 Å². The third-order valence-corrected chi connectivity index (χ3v) is 4.90. The first-order valence-corrected chi connectivity index (χ1v) is 10.3. The van der Waals surface area contributed by atoms with E-state index in [1.165, 1.54) is 0 Å². The minimum atomic E-state index is -0.568. The molecule has 6 nitrogen and oxygen atoms in total. The summed E-state index contributed by atoms with van der Waals surface area (Å²) >= 11 is 3.43. The Bertz CT molecular complexity index is 860. The highest BCUT2D eigenvalue weighted by atomic mass is 79.9. The molecule has 0 spiro atoms. The monoisotopic (exact) mass is 460 g/mol. The minimum Gasteiger partial charge on any atom is -0.444 e. The van der Waals surface area contributed by atoms with Crippen molar-refractivity contribution in [1.82, 2.24) is 4.90 Å². The van der Waals surface area contributed by atoms with Gasteiger partial charge in [-0.15, -0.1) is 0 Å². The smallest absolute Gasteiger partial charge is 0.412 e. The molecule has 7 heteroatoms. The van der Waals surface area contributed by atoms with Gasteiger partial charge in [-0.05, 0) is 62.7 Å². The summed E-state index contributed by atoms with van der Waals surface area (Å²) in [5, 5.41) is 2.67. The molecule has 1 fully saturated rings. The molecular weight excluding hydrogens is 436 g/mol. The Hall–Kier alpha value is -2.38. The summed E-state index contributed by atoms with van der Waals surface area (Å²) in [6.45, 7) is 6.95. The predicted octanol–water partition coefficient (Wildman–Crippen LogP) is 5.01. The second kappa shape index (κ2) is 8.97. The third kappa shape index (κ3) is 6.05. The van der Waals surface area contributed by atoms with Crippen LogP contribution in [0.2, 0.25) is 0 Å². The maximum Gasteiger partial charge on any atom is 0.412 e. The number of carbonyl (C=O) groups excluding carboxylic acids is 2. The lowest BCUT2D eigenvalue weighted by Crippen LogP contribution is -2.42. The van der Waals surface area contributed by atoms with Gasteiger partial charge in [0.25, 0.3) is 5.91 Å². The summed E-state index contributed by atoms with van der Waals surface area (Å²) in [6.07, 6.45) is -0.670. The molecule has 29 heavy (non-hydrogen) atoms. The predicted molar refractivity (Wildman–Crippen MR) is 115 cm³/mol. The maximum absolute atomic E-state index is 12.9. The minimum absolute atomic E-state index is 0.0563. The molecule has 0 saturated carbocycles. The Balaban J connectivity index is 1.62. The van der Waals surface area contributed by atoms with E-state index in [1.807, 2.05) is 24.3 Å². The largest absolute Gasteiger partial charge is 0.444 e. The van der Waals surface area contributed by atoms with Crippen molar-refractivity contribution >= 4 is 33.6 Å². The van der Waals surface area contributed by atoms with Gasteiger partial charge in [0, 0.05) is 22.3 Å². The highest BCUT2D eigenvalue weighted by molar-refractivity contribution is 9.10. The fraction of sp³-hybridized carbons (Fsp3) is 0.364. The summed E-state index contributed by atoms with van der Waals surface area (Å²) in [6, 6.07) is 14.7. The Morgan fingerprint density at radius 2 is 1.76 bits per heavy atom. The van der Waals surface area contributed by atoms with Crippen LogP contribution in [0, 0.1) is 0 Å². The number of amides is 2. The summed E-state index contributed by atoms with van der Waals surface area (Å²) in [4.78, 5) is 26.6. The van der Waals surface area contributed by atoms with Crippen LogP contribution in [0.15, 0.2) is 53.0 Å². The molecule has 1 unspecified atom stereocenters. The lowest BCUT2D eigenvalue weighted by Gasteiger charge is -2.33. The van der Waals surface area contributed by atoms with Crippen molar-refractivity contribution in [2.75, 3.05) is 25.0 Å². The molecular formula is C22H25BrN2O4. The molecule has 1 saturated heterocycles. The Morgan fingerprint density at radius 3 is 2.38 bits per heavy atom. The van der Waals surface area contributed by atoms with E-state index in [0.717, 1.165) is 10.0 Å². The number of morpholine rings is 1. The topological polar surface area (TPSA) is 67.9 Å². The molecule has 154 valence electrons. The number of rotatable bonds is 3. The number of halogens is 1. The highest BCUT2D eigenvalue weighted by Gasteiger charge is 2.26. The van der Waals surface area contributed by atoms with E-state index < -0.39 is 11.7 Å². The zero-order valence-electron chi connectivity index (χ0n) is 16.8. The molecule has 1 aliphatic heterocycles. The number of ether oxygens (including phenoxy) is 2. The maximum atomic E-state index is 12.9. The fourth-order valence-corrected chi connectivity index (χ4v) is 3.28. The van der Waals surface area contributed by atoms with Crippen LogP contribution in [0.5, 0.6) is 0 Å². The zero-order valence-corrected chi connectivity index (χ0v) is 18.4. The van der Waals surface area contributed by atoms with E-state index in [1.54, 1.807) is 49.9 Å². The van der Waals surface area contributed by atoms with Gasteiger partial charge in [-0.1, -0.05) is 28.1 Å². The van der Waals surface area contributed by atoms with Crippen molar-refractivity contribution in [3.63, 3.8) is 0 Å². The third-order valence-electron chi connectivity index (χ3n) is 4.37. The van der Waals surface area contributed by atoms with Crippen LogP contribution in [-0.2, 0) is 9.47 Å². The van der Waals surface area contributed by atoms with Crippen LogP contribution in [-0.4, -0.2) is 42.2 Å². The summed E-state index contributed by atoms with van der Waals surface area (Å²) < 4.78 is 12.1. The standard InChI is InChI=1S/C22H25BrN2O4/c1-22(2,3)29-21(27)24-18-10-6-16(7-11-18)20(26)25-12-13-28-19(14-25)15-4-8-17(23)9-5-15/h4-11,19H,12-14H2,1-3H3,(H,24,27). The van der Waals surface area contributed by atoms with Gasteiger partial charge in [0.2, 0.25) is 0 Å². The molecule has 0 aliphatic carbocycles. The zero-order chi connectivity index (χ0) is 21.0. The number of nitrogens with zero attached hydrogens (tertiary/aromatic N) is 1. The Morgan fingerprint density at radius 1 is 1.10 bits per heavy atom. The molecule has 1 heterocycles. The first kappa shape index (κ1) is 21.3. The molecule has 2 aromatic carbocycles. The second-order valence-corrected chi connectivity index (χ2v) is 8.78. The van der Waals surface area contributed by atoms with Gasteiger partial charge in [-0.25, -0.2) is 4.79 Å². The number of carbonyl (C=O) groups is 2. The molecule has 1 N–H and O–H groups in total. The van der Waals surface area contributed by atoms with Crippen molar-refractivity contribution in [3.05, 3.63) is 64.1 Å². The van der Waals surface area contributed by atoms with E-state index in [2.05, 4.69) is 21.2 Å². The number of anilines is 1. The normalized spacial score (nSPS) is 17.0. The second-order valence-electron chi connectivity index (χ2n) is 7.87. The first-order chi connectivity index (χ1) is 13.7. The lowest BCUT2D eigenvalue weighted by molar-refractivity contribution is -0.0228. The van der Waals surface area contributed by atoms with E-state index >= 15 is 0 Å². The van der Waals surface area contributed by atoms with Crippen molar-refractivity contribution in [2.24, 2.45) is 0 Å². The average Bonchev–Trinajstić information content (AvgIpc) is 2.67. The fourth-order valence-electron chi connectivity index (χ4n) is 3.01. The van der Waals surface area contributed by atoms with Gasteiger partial charge in [0.15, 0.2) is 0 Å².